The quantitative estimate of drug-likeness (QED) is 0.620. The Balaban J connectivity index is 1.46. The van der Waals surface area contributed by atoms with Gasteiger partial charge >= 0.3 is 0 Å². The van der Waals surface area contributed by atoms with E-state index in [0.29, 0.717) is 12.1 Å². The normalized spacial score (nSPS) is 10.3. The van der Waals surface area contributed by atoms with E-state index in [9.17, 15) is 4.79 Å². The lowest BCUT2D eigenvalue weighted by atomic mass is 10.1. The van der Waals surface area contributed by atoms with E-state index in [1.807, 2.05) is 48.5 Å². The number of nitrogens with one attached hydrogen (secondary N) is 2. The number of aryl methyl sites for hydroxylation is 2. The Morgan fingerprint density at radius 3 is 2.42 bits per heavy atom. The fraction of sp³-hybridized carbons (Fsp3) is 0.182. The van der Waals surface area contributed by atoms with Gasteiger partial charge < -0.3 is 10.6 Å². The molecule has 0 aliphatic rings. The van der Waals surface area contributed by atoms with E-state index >= 15 is 0 Å². The van der Waals surface area contributed by atoms with Gasteiger partial charge in [-0.15, -0.1) is 0 Å². The van der Waals surface area contributed by atoms with Crippen molar-refractivity contribution in [2.75, 3.05) is 11.9 Å². The molecule has 0 atom stereocenters. The monoisotopic (exact) mass is 345 g/mol. The minimum absolute atomic E-state index is 0.0903. The average Bonchev–Trinajstić information content (AvgIpc) is 2.68. The van der Waals surface area contributed by atoms with Crippen LogP contribution in [0.3, 0.4) is 0 Å². The molecule has 132 valence electrons. The molecule has 0 saturated carbocycles. The summed E-state index contributed by atoms with van der Waals surface area (Å²) in [6, 6.07) is 22.0. The number of anilines is 2. The number of hydrogen-bond acceptors (Lipinski definition) is 3. The van der Waals surface area contributed by atoms with E-state index in [1.54, 1.807) is 12.3 Å². The van der Waals surface area contributed by atoms with Crippen LogP contribution in [0, 0.1) is 6.92 Å². The van der Waals surface area contributed by atoms with Gasteiger partial charge in [0, 0.05) is 18.4 Å². The molecule has 4 heteroatoms. The van der Waals surface area contributed by atoms with Crippen molar-refractivity contribution in [1.82, 2.24) is 10.3 Å². The smallest absolute Gasteiger partial charge is 0.252 e. The molecule has 0 bridgehead atoms. The van der Waals surface area contributed by atoms with Crippen LogP contribution in [0.25, 0.3) is 0 Å². The van der Waals surface area contributed by atoms with E-state index in [0.717, 1.165) is 24.3 Å². The molecule has 0 radical (unpaired) electrons. The van der Waals surface area contributed by atoms with E-state index < -0.39 is 0 Å². The van der Waals surface area contributed by atoms with Crippen molar-refractivity contribution in [2.45, 2.75) is 19.8 Å². The number of benzene rings is 2. The summed E-state index contributed by atoms with van der Waals surface area (Å²) in [5.41, 5.74) is 4.04. The zero-order chi connectivity index (χ0) is 18.2. The maximum absolute atomic E-state index is 12.2. The van der Waals surface area contributed by atoms with Crippen LogP contribution in [0.2, 0.25) is 0 Å². The fourth-order valence-electron chi connectivity index (χ4n) is 2.63. The van der Waals surface area contributed by atoms with E-state index in [-0.39, 0.29) is 5.91 Å². The van der Waals surface area contributed by atoms with Gasteiger partial charge in [0.1, 0.15) is 5.82 Å². The molecule has 3 rings (SSSR count). The van der Waals surface area contributed by atoms with Gasteiger partial charge in [0.2, 0.25) is 0 Å². The van der Waals surface area contributed by atoms with E-state index in [1.165, 1.54) is 11.1 Å². The topological polar surface area (TPSA) is 54.0 Å². The molecule has 1 aromatic heterocycles. The number of pyridine rings is 1. The molecule has 0 saturated heterocycles. The largest absolute Gasteiger partial charge is 0.352 e. The van der Waals surface area contributed by atoms with Crippen LogP contribution in [-0.2, 0) is 6.42 Å². The van der Waals surface area contributed by atoms with Gasteiger partial charge in [-0.05, 0) is 49.6 Å². The van der Waals surface area contributed by atoms with Crippen LogP contribution in [0.5, 0.6) is 0 Å². The lowest BCUT2D eigenvalue weighted by molar-refractivity contribution is 0.0953. The lowest BCUT2D eigenvalue weighted by Gasteiger charge is -2.08. The van der Waals surface area contributed by atoms with E-state index in [4.69, 9.17) is 0 Å². The van der Waals surface area contributed by atoms with Crippen molar-refractivity contribution >= 4 is 17.4 Å². The third kappa shape index (κ3) is 5.18. The summed E-state index contributed by atoms with van der Waals surface area (Å²) in [5.74, 6) is 0.627. The average molecular weight is 345 g/mol. The lowest BCUT2D eigenvalue weighted by Crippen LogP contribution is -2.24. The predicted octanol–water partition coefficient (Wildman–Crippen LogP) is 4.50. The molecule has 0 aliphatic carbocycles. The molecular formula is C22H23N3O. The third-order valence-electron chi connectivity index (χ3n) is 4.12. The van der Waals surface area contributed by atoms with Gasteiger partial charge in [-0.1, -0.05) is 48.0 Å². The number of carbonyl (C=O) groups is 1. The van der Waals surface area contributed by atoms with E-state index in [2.05, 4.69) is 34.7 Å². The Bertz CT molecular complexity index is 828. The Morgan fingerprint density at radius 2 is 1.73 bits per heavy atom. The van der Waals surface area contributed by atoms with Gasteiger partial charge in [-0.3, -0.25) is 4.79 Å². The molecule has 3 aromatic rings. The minimum atomic E-state index is -0.0903. The van der Waals surface area contributed by atoms with Gasteiger partial charge in [0.05, 0.1) is 5.56 Å². The highest BCUT2D eigenvalue weighted by atomic mass is 16.1. The first kappa shape index (κ1) is 17.7. The second-order valence-electron chi connectivity index (χ2n) is 6.27. The van der Waals surface area contributed by atoms with Gasteiger partial charge in [0.25, 0.3) is 5.91 Å². The summed E-state index contributed by atoms with van der Waals surface area (Å²) in [4.78, 5) is 16.5. The fourth-order valence-corrected chi connectivity index (χ4v) is 2.63. The van der Waals surface area contributed by atoms with Crippen molar-refractivity contribution in [1.29, 1.82) is 0 Å². The van der Waals surface area contributed by atoms with Crippen LogP contribution in [0.15, 0.2) is 72.9 Å². The van der Waals surface area contributed by atoms with Crippen LogP contribution in [0.4, 0.5) is 11.5 Å². The first-order valence-corrected chi connectivity index (χ1v) is 8.82. The SMILES string of the molecule is Cc1ccc(Nc2ccc(C(=O)NCCCc3ccccc3)cn2)cc1. The van der Waals surface area contributed by atoms with Crippen LogP contribution < -0.4 is 10.6 Å². The zero-order valence-electron chi connectivity index (χ0n) is 14.9. The molecule has 4 nitrogen and oxygen atoms in total. The molecule has 0 unspecified atom stereocenters. The molecular weight excluding hydrogens is 322 g/mol. The Kier molecular flexibility index (Phi) is 5.99. The summed E-state index contributed by atoms with van der Waals surface area (Å²) in [6.07, 6.45) is 3.47. The van der Waals surface area contributed by atoms with Crippen LogP contribution >= 0.6 is 0 Å². The molecule has 0 fully saturated rings. The summed E-state index contributed by atoms with van der Waals surface area (Å²) in [7, 11) is 0. The highest BCUT2D eigenvalue weighted by Crippen LogP contribution is 2.15. The summed E-state index contributed by atoms with van der Waals surface area (Å²) < 4.78 is 0. The van der Waals surface area contributed by atoms with Crippen LogP contribution in [-0.4, -0.2) is 17.4 Å². The Morgan fingerprint density at radius 1 is 0.962 bits per heavy atom. The molecule has 0 aliphatic heterocycles. The van der Waals surface area contributed by atoms with Gasteiger partial charge in [0.15, 0.2) is 0 Å². The predicted molar refractivity (Wildman–Crippen MR) is 106 cm³/mol. The standard InChI is InChI=1S/C22H23N3O/c1-17-9-12-20(13-10-17)25-21-14-11-19(16-24-21)22(26)23-15-5-8-18-6-3-2-4-7-18/h2-4,6-7,9-14,16H,5,8,15H2,1H3,(H,23,26)(H,24,25). The second kappa shape index (κ2) is 8.81. The number of nitrogens with zero attached hydrogens (tertiary/aromatic N) is 1. The molecule has 1 heterocycles. The maximum atomic E-state index is 12.2. The maximum Gasteiger partial charge on any atom is 0.252 e. The molecule has 2 aromatic carbocycles. The van der Waals surface area contributed by atoms with Gasteiger partial charge in [-0.2, -0.15) is 0 Å². The molecule has 1 amide bonds. The van der Waals surface area contributed by atoms with Crippen molar-refractivity contribution < 1.29 is 4.79 Å². The van der Waals surface area contributed by atoms with Crippen LogP contribution in [0.1, 0.15) is 27.9 Å². The molecule has 26 heavy (non-hydrogen) atoms. The first-order chi connectivity index (χ1) is 12.7. The molecule has 0 spiro atoms. The number of carbonyl (C=O) groups excluding carboxylic acids is 1. The number of rotatable bonds is 7. The van der Waals surface area contributed by atoms with Gasteiger partial charge in [-0.25, -0.2) is 4.98 Å². The highest BCUT2D eigenvalue weighted by molar-refractivity contribution is 5.94. The number of hydrogen-bond donors (Lipinski definition) is 2. The third-order valence-corrected chi connectivity index (χ3v) is 4.12. The molecule has 2 N–H and O–H groups in total. The Labute approximate surface area is 154 Å². The number of amides is 1. The Hall–Kier alpha value is -3.14. The summed E-state index contributed by atoms with van der Waals surface area (Å²) in [6.45, 7) is 2.70. The minimum Gasteiger partial charge on any atom is -0.352 e. The highest BCUT2D eigenvalue weighted by Gasteiger charge is 2.06. The van der Waals surface area contributed by atoms with Crippen molar-refractivity contribution in [3.8, 4) is 0 Å². The van der Waals surface area contributed by atoms with Crippen molar-refractivity contribution in [3.05, 3.63) is 89.6 Å². The second-order valence-corrected chi connectivity index (χ2v) is 6.27. The number of aromatic nitrogens is 1. The van der Waals surface area contributed by atoms with Crippen molar-refractivity contribution in [3.63, 3.8) is 0 Å². The summed E-state index contributed by atoms with van der Waals surface area (Å²) in [5, 5.41) is 6.17. The first-order valence-electron chi connectivity index (χ1n) is 8.82. The zero-order valence-corrected chi connectivity index (χ0v) is 14.9. The van der Waals surface area contributed by atoms with Crippen molar-refractivity contribution in [2.24, 2.45) is 0 Å². The summed E-state index contributed by atoms with van der Waals surface area (Å²) >= 11 is 0.